The number of hydrogen-bond donors (Lipinski definition) is 3. The zero-order chi connectivity index (χ0) is 41.4. The number of carbonyl (C=O) groups is 3. The Morgan fingerprint density at radius 3 is 1.30 bits per heavy atom. The molecule has 0 aliphatic carbocycles. The molecule has 12 heteroatoms. The first-order valence-electron chi connectivity index (χ1n) is 22.7. The lowest BCUT2D eigenvalue weighted by molar-refractivity contribution is -0.161. The SMILES string of the molecule is CCCCCCCC/C=C\CCCCCCCCCC(=O)O[C@H](COC(=O)CCCCCCCCCCCCCCCCC)COP(=O)(O)OC[C@H](N)C(=O)O. The molecule has 0 radical (unpaired) electrons. The lowest BCUT2D eigenvalue weighted by Gasteiger charge is -2.20. The van der Waals surface area contributed by atoms with Crippen LogP contribution >= 0.6 is 7.82 Å². The van der Waals surface area contributed by atoms with Gasteiger partial charge in [-0.1, -0.05) is 180 Å². The molecule has 0 aromatic rings. The minimum absolute atomic E-state index is 0.160. The molecule has 0 aliphatic heterocycles. The predicted octanol–water partition coefficient (Wildman–Crippen LogP) is 12.1. The van der Waals surface area contributed by atoms with E-state index in [0.29, 0.717) is 12.8 Å². The number of phosphoric acid groups is 1. The van der Waals surface area contributed by atoms with Crippen molar-refractivity contribution in [2.24, 2.45) is 5.73 Å². The average molecular weight is 818 g/mol. The zero-order valence-corrected chi connectivity index (χ0v) is 36.6. The second kappa shape index (κ2) is 40.0. The van der Waals surface area contributed by atoms with Gasteiger partial charge in [0.25, 0.3) is 0 Å². The molecule has 0 aromatic carbocycles. The second-order valence-corrected chi connectivity index (χ2v) is 17.0. The number of unbranched alkanes of at least 4 members (excludes halogenated alkanes) is 27. The number of phosphoric ester groups is 1. The van der Waals surface area contributed by atoms with E-state index >= 15 is 0 Å². The van der Waals surface area contributed by atoms with Crippen LogP contribution in [0.25, 0.3) is 0 Å². The van der Waals surface area contributed by atoms with Crippen LogP contribution in [0.3, 0.4) is 0 Å². The van der Waals surface area contributed by atoms with Gasteiger partial charge in [0.15, 0.2) is 6.10 Å². The van der Waals surface area contributed by atoms with Crippen molar-refractivity contribution in [3.63, 3.8) is 0 Å². The van der Waals surface area contributed by atoms with E-state index in [-0.39, 0.29) is 19.4 Å². The van der Waals surface area contributed by atoms with Crippen molar-refractivity contribution in [1.29, 1.82) is 0 Å². The Hall–Kier alpha value is -1.78. The van der Waals surface area contributed by atoms with E-state index in [9.17, 15) is 23.8 Å². The van der Waals surface area contributed by atoms with Gasteiger partial charge in [-0.3, -0.25) is 23.4 Å². The van der Waals surface area contributed by atoms with Gasteiger partial charge in [-0.05, 0) is 38.5 Å². The molecule has 0 rings (SSSR count). The van der Waals surface area contributed by atoms with Crippen molar-refractivity contribution in [3.05, 3.63) is 12.2 Å². The third kappa shape index (κ3) is 39.1. The first kappa shape index (κ1) is 54.2. The van der Waals surface area contributed by atoms with Crippen molar-refractivity contribution in [2.45, 2.75) is 231 Å². The van der Waals surface area contributed by atoms with E-state index in [1.165, 1.54) is 135 Å². The fourth-order valence-corrected chi connectivity index (χ4v) is 7.19. The lowest BCUT2D eigenvalue weighted by atomic mass is 10.0. The summed E-state index contributed by atoms with van der Waals surface area (Å²) in [6.07, 6.45) is 39.8. The van der Waals surface area contributed by atoms with Crippen LogP contribution in [0.5, 0.6) is 0 Å². The van der Waals surface area contributed by atoms with E-state index < -0.39 is 51.1 Å². The monoisotopic (exact) mass is 818 g/mol. The van der Waals surface area contributed by atoms with Gasteiger partial charge in [-0.2, -0.15) is 0 Å². The summed E-state index contributed by atoms with van der Waals surface area (Å²) in [5.41, 5.74) is 5.34. The highest BCUT2D eigenvalue weighted by Gasteiger charge is 2.28. The summed E-state index contributed by atoms with van der Waals surface area (Å²) in [6, 6.07) is -1.52. The second-order valence-electron chi connectivity index (χ2n) is 15.5. The van der Waals surface area contributed by atoms with E-state index in [0.717, 1.165) is 44.9 Å². The fourth-order valence-electron chi connectivity index (χ4n) is 6.41. The van der Waals surface area contributed by atoms with Crippen molar-refractivity contribution < 1.29 is 47.5 Å². The number of aliphatic carboxylic acids is 1. The maximum Gasteiger partial charge on any atom is 0.472 e. The molecule has 1 unspecified atom stereocenters. The van der Waals surface area contributed by atoms with Gasteiger partial charge in [0.05, 0.1) is 13.2 Å². The van der Waals surface area contributed by atoms with E-state index in [4.69, 9.17) is 24.8 Å². The number of carboxylic acid groups (broad SMARTS) is 1. The Morgan fingerprint density at radius 1 is 0.536 bits per heavy atom. The van der Waals surface area contributed by atoms with E-state index in [2.05, 4.69) is 30.5 Å². The molecule has 4 N–H and O–H groups in total. The van der Waals surface area contributed by atoms with Crippen molar-refractivity contribution in [3.8, 4) is 0 Å². The molecule has 56 heavy (non-hydrogen) atoms. The summed E-state index contributed by atoms with van der Waals surface area (Å²) in [6.45, 7) is 2.82. The zero-order valence-electron chi connectivity index (χ0n) is 35.7. The first-order chi connectivity index (χ1) is 27.1. The molecule has 0 bridgehead atoms. The van der Waals surface area contributed by atoms with Gasteiger partial charge in [0.1, 0.15) is 12.6 Å². The van der Waals surface area contributed by atoms with Crippen LogP contribution in [0.4, 0.5) is 0 Å². The predicted molar refractivity (Wildman–Crippen MR) is 226 cm³/mol. The molecule has 0 saturated carbocycles. The molecule has 0 heterocycles. The van der Waals surface area contributed by atoms with Crippen LogP contribution in [0.1, 0.15) is 219 Å². The maximum absolute atomic E-state index is 12.6. The molecule has 0 aromatic heterocycles. The Kier molecular flexibility index (Phi) is 38.7. The molecule has 0 saturated heterocycles. The van der Waals surface area contributed by atoms with Crippen molar-refractivity contribution in [2.75, 3.05) is 19.8 Å². The Morgan fingerprint density at radius 2 is 0.893 bits per heavy atom. The first-order valence-corrected chi connectivity index (χ1v) is 24.2. The Balaban J connectivity index is 4.31. The number of carboxylic acids is 1. The molecule has 3 atom stereocenters. The number of rotatable bonds is 43. The molecule has 0 aliphatic rings. The average Bonchev–Trinajstić information content (AvgIpc) is 3.17. The van der Waals surface area contributed by atoms with Crippen molar-refractivity contribution >= 4 is 25.7 Å². The minimum Gasteiger partial charge on any atom is -0.480 e. The van der Waals surface area contributed by atoms with E-state index in [1.807, 2.05) is 0 Å². The van der Waals surface area contributed by atoms with Gasteiger partial charge in [0.2, 0.25) is 0 Å². The number of carbonyl (C=O) groups excluding carboxylic acids is 2. The van der Waals surface area contributed by atoms with Crippen LogP contribution in [0.2, 0.25) is 0 Å². The number of allylic oxidation sites excluding steroid dienone is 2. The Bertz CT molecular complexity index is 1010. The molecule has 0 spiro atoms. The molecule has 0 amide bonds. The standard InChI is InChI=1S/C44H84NO10P/c1-3-5-7-9-11-13-15-17-19-20-22-24-26-28-30-32-34-36-43(47)55-40(38-53-56(50,51)54-39-41(45)44(48)49)37-52-42(46)35-33-31-29-27-25-23-21-18-16-14-12-10-8-6-4-2/h17,19,40-41H,3-16,18,20-39,45H2,1-2H3,(H,48,49)(H,50,51)/b19-17-/t40-,41+/m1/s1. The van der Waals surface area contributed by atoms with Crippen LogP contribution in [-0.4, -0.2) is 59.9 Å². The largest absolute Gasteiger partial charge is 0.480 e. The van der Waals surface area contributed by atoms with E-state index in [1.54, 1.807) is 0 Å². The minimum atomic E-state index is -4.71. The van der Waals surface area contributed by atoms with Gasteiger partial charge < -0.3 is 25.2 Å². The highest BCUT2D eigenvalue weighted by atomic mass is 31.2. The number of hydrogen-bond acceptors (Lipinski definition) is 9. The molecular formula is C44H84NO10P. The highest BCUT2D eigenvalue weighted by Crippen LogP contribution is 2.43. The molecule has 0 fully saturated rings. The maximum atomic E-state index is 12.6. The summed E-state index contributed by atoms with van der Waals surface area (Å²) >= 11 is 0. The smallest absolute Gasteiger partial charge is 0.472 e. The van der Waals surface area contributed by atoms with Gasteiger partial charge in [-0.25, -0.2) is 4.57 Å². The quantitative estimate of drug-likeness (QED) is 0.0231. The fraction of sp³-hybridized carbons (Fsp3) is 0.886. The van der Waals surface area contributed by atoms with Crippen LogP contribution < -0.4 is 5.73 Å². The normalized spacial score (nSPS) is 13.8. The number of ether oxygens (including phenoxy) is 2. The van der Waals surface area contributed by atoms with Gasteiger partial charge in [0, 0.05) is 12.8 Å². The highest BCUT2D eigenvalue weighted by molar-refractivity contribution is 7.47. The molecule has 330 valence electrons. The summed E-state index contributed by atoms with van der Waals surface area (Å²) in [5.74, 6) is -2.37. The van der Waals surface area contributed by atoms with Crippen molar-refractivity contribution in [1.82, 2.24) is 0 Å². The summed E-state index contributed by atoms with van der Waals surface area (Å²) < 4.78 is 32.7. The number of esters is 2. The summed E-state index contributed by atoms with van der Waals surface area (Å²) in [7, 11) is -4.71. The summed E-state index contributed by atoms with van der Waals surface area (Å²) in [4.78, 5) is 46.0. The van der Waals surface area contributed by atoms with Crippen LogP contribution in [-0.2, 0) is 37.5 Å². The van der Waals surface area contributed by atoms with Crippen LogP contribution in [0.15, 0.2) is 12.2 Å². The Labute approximate surface area is 341 Å². The van der Waals surface area contributed by atoms with Gasteiger partial charge in [-0.15, -0.1) is 0 Å². The topological polar surface area (TPSA) is 172 Å². The molecular weight excluding hydrogens is 733 g/mol. The summed E-state index contributed by atoms with van der Waals surface area (Å²) in [5, 5.41) is 8.89. The third-order valence-electron chi connectivity index (χ3n) is 10.0. The van der Waals surface area contributed by atoms with Gasteiger partial charge >= 0.3 is 25.7 Å². The lowest BCUT2D eigenvalue weighted by Crippen LogP contribution is -2.34. The molecule has 11 nitrogen and oxygen atoms in total. The number of nitrogens with two attached hydrogens (primary N) is 1. The van der Waals surface area contributed by atoms with Crippen LogP contribution in [0, 0.1) is 0 Å². The third-order valence-corrected chi connectivity index (χ3v) is 11.0.